The van der Waals surface area contributed by atoms with Crippen molar-refractivity contribution in [3.63, 3.8) is 0 Å². The van der Waals surface area contributed by atoms with Crippen LogP contribution in [0.3, 0.4) is 0 Å². The molecule has 2 amide bonds. The van der Waals surface area contributed by atoms with Gasteiger partial charge in [-0.1, -0.05) is 60.7 Å². The van der Waals surface area contributed by atoms with Crippen LogP contribution < -0.4 is 0 Å². The topological polar surface area (TPSA) is 80.8 Å². The van der Waals surface area contributed by atoms with E-state index in [1.54, 1.807) is 24.3 Å². The first-order chi connectivity index (χ1) is 17.5. The number of ether oxygens (including phenoxy) is 1. The molecule has 0 atom stereocenters. The summed E-state index contributed by atoms with van der Waals surface area (Å²) in [6, 6.07) is 23.9. The SMILES string of the molecule is O=C(CSc1ccc2c3c(cccc13)C(=O)c1ccccc1-2)OCCN1C(=O)c2ccccc2C1=O. The number of carbonyl (C=O) groups is 4. The Kier molecular flexibility index (Phi) is 5.42. The number of amides is 2. The fourth-order valence-electron chi connectivity index (χ4n) is 4.85. The standard InChI is InChI=1S/C29H19NO5S/c31-25(35-15-14-30-28(33)20-8-3-4-9-21(20)29(30)34)16-36-24-13-12-18-17-6-1-2-7-19(17)27(32)23-11-5-10-22(24)26(18)23/h1-13H,14-16H2. The molecule has 6 rings (SSSR count). The first kappa shape index (κ1) is 22.2. The summed E-state index contributed by atoms with van der Waals surface area (Å²) >= 11 is 1.33. The summed E-state index contributed by atoms with van der Waals surface area (Å²) in [5.74, 6) is -1.13. The van der Waals surface area contributed by atoms with Crippen LogP contribution in [0.5, 0.6) is 0 Å². The average Bonchev–Trinajstić information content (AvgIpc) is 3.15. The molecule has 0 aromatic heterocycles. The number of fused-ring (bicyclic) bond motifs is 3. The van der Waals surface area contributed by atoms with E-state index in [1.165, 1.54) is 11.8 Å². The number of nitrogens with zero attached hydrogens (tertiary/aromatic N) is 1. The zero-order valence-electron chi connectivity index (χ0n) is 19.0. The highest BCUT2D eigenvalue weighted by molar-refractivity contribution is 8.00. The Hall–Kier alpha value is -4.23. The van der Waals surface area contributed by atoms with Gasteiger partial charge in [-0.15, -0.1) is 11.8 Å². The van der Waals surface area contributed by atoms with Gasteiger partial charge in [-0.2, -0.15) is 0 Å². The second-order valence-corrected chi connectivity index (χ2v) is 9.55. The Morgan fingerprint density at radius 1 is 0.694 bits per heavy atom. The molecular weight excluding hydrogens is 474 g/mol. The van der Waals surface area contributed by atoms with Gasteiger partial charge >= 0.3 is 5.97 Å². The minimum absolute atomic E-state index is 0.00147. The molecule has 1 aliphatic heterocycles. The number of thioether (sulfide) groups is 1. The number of carbonyl (C=O) groups excluding carboxylic acids is 4. The van der Waals surface area contributed by atoms with Crippen LogP contribution in [-0.2, 0) is 9.53 Å². The number of hydrogen-bond donors (Lipinski definition) is 0. The number of rotatable bonds is 6. The molecule has 0 spiro atoms. The van der Waals surface area contributed by atoms with E-state index in [0.717, 1.165) is 31.7 Å². The summed E-state index contributed by atoms with van der Waals surface area (Å²) in [5, 5.41) is 1.81. The molecule has 0 unspecified atom stereocenters. The quantitative estimate of drug-likeness (QED) is 0.189. The smallest absolute Gasteiger partial charge is 0.316 e. The van der Waals surface area contributed by atoms with Crippen molar-refractivity contribution in [2.75, 3.05) is 18.9 Å². The predicted octanol–water partition coefficient (Wildman–Crippen LogP) is 4.98. The molecule has 0 saturated heterocycles. The number of imide groups is 1. The highest BCUT2D eigenvalue weighted by atomic mass is 32.2. The molecule has 0 fully saturated rings. The van der Waals surface area contributed by atoms with E-state index in [4.69, 9.17) is 4.74 Å². The van der Waals surface area contributed by atoms with Gasteiger partial charge in [0.2, 0.25) is 0 Å². The maximum atomic E-state index is 13.1. The Labute approximate surface area is 210 Å². The van der Waals surface area contributed by atoms with Gasteiger partial charge in [-0.3, -0.25) is 24.1 Å². The van der Waals surface area contributed by atoms with Crippen LogP contribution in [0.2, 0.25) is 0 Å². The van der Waals surface area contributed by atoms with Crippen LogP contribution in [-0.4, -0.2) is 47.4 Å². The van der Waals surface area contributed by atoms with Gasteiger partial charge in [0, 0.05) is 21.4 Å². The zero-order chi connectivity index (χ0) is 24.8. The fraction of sp³-hybridized carbons (Fsp3) is 0.103. The summed E-state index contributed by atoms with van der Waals surface area (Å²) in [6.07, 6.45) is 0. The van der Waals surface area contributed by atoms with Crippen molar-refractivity contribution in [2.24, 2.45) is 0 Å². The molecule has 2 aliphatic rings. The summed E-state index contributed by atoms with van der Waals surface area (Å²) in [4.78, 5) is 52.4. The van der Waals surface area contributed by atoms with Crippen LogP contribution in [0.1, 0.15) is 36.6 Å². The fourth-order valence-corrected chi connectivity index (χ4v) is 5.70. The van der Waals surface area contributed by atoms with Crippen molar-refractivity contribution in [3.8, 4) is 11.1 Å². The molecule has 1 aliphatic carbocycles. The van der Waals surface area contributed by atoms with Crippen molar-refractivity contribution in [1.29, 1.82) is 0 Å². The highest BCUT2D eigenvalue weighted by Gasteiger charge is 2.34. The lowest BCUT2D eigenvalue weighted by atomic mass is 9.83. The summed E-state index contributed by atoms with van der Waals surface area (Å²) in [7, 11) is 0. The van der Waals surface area contributed by atoms with E-state index < -0.39 is 5.97 Å². The Morgan fingerprint density at radius 3 is 2.06 bits per heavy atom. The molecule has 0 saturated carbocycles. The molecule has 7 heteroatoms. The van der Waals surface area contributed by atoms with Crippen molar-refractivity contribution < 1.29 is 23.9 Å². The normalized spacial score (nSPS) is 13.7. The summed E-state index contributed by atoms with van der Waals surface area (Å²) < 4.78 is 5.32. The van der Waals surface area contributed by atoms with E-state index >= 15 is 0 Å². The van der Waals surface area contributed by atoms with E-state index in [9.17, 15) is 19.2 Å². The van der Waals surface area contributed by atoms with Crippen LogP contribution in [0, 0.1) is 0 Å². The molecule has 0 bridgehead atoms. The molecule has 1 heterocycles. The van der Waals surface area contributed by atoms with E-state index in [2.05, 4.69) is 0 Å². The lowest BCUT2D eigenvalue weighted by Crippen LogP contribution is -2.33. The monoisotopic (exact) mass is 493 g/mol. The summed E-state index contributed by atoms with van der Waals surface area (Å²) in [5.41, 5.74) is 4.01. The second kappa shape index (κ2) is 8.77. The number of esters is 1. The Morgan fingerprint density at radius 2 is 1.33 bits per heavy atom. The van der Waals surface area contributed by atoms with Gasteiger partial charge in [-0.25, -0.2) is 0 Å². The van der Waals surface area contributed by atoms with Gasteiger partial charge in [0.1, 0.15) is 6.61 Å². The lowest BCUT2D eigenvalue weighted by molar-refractivity contribution is -0.140. The van der Waals surface area contributed by atoms with Gasteiger partial charge in [-0.05, 0) is 34.7 Å². The average molecular weight is 494 g/mol. The predicted molar refractivity (Wildman–Crippen MR) is 136 cm³/mol. The third kappa shape index (κ3) is 3.51. The van der Waals surface area contributed by atoms with Crippen molar-refractivity contribution in [3.05, 3.63) is 101 Å². The van der Waals surface area contributed by atoms with Crippen molar-refractivity contribution in [1.82, 2.24) is 4.90 Å². The lowest BCUT2D eigenvalue weighted by Gasteiger charge is -2.21. The van der Waals surface area contributed by atoms with E-state index in [1.807, 2.05) is 54.6 Å². The number of hydrogen-bond acceptors (Lipinski definition) is 6. The molecule has 0 N–H and O–H groups in total. The number of benzene rings is 4. The second-order valence-electron chi connectivity index (χ2n) is 8.53. The highest BCUT2D eigenvalue weighted by Crippen LogP contribution is 2.42. The van der Waals surface area contributed by atoms with Crippen molar-refractivity contribution in [2.45, 2.75) is 4.90 Å². The first-order valence-electron chi connectivity index (χ1n) is 11.5. The molecule has 4 aromatic carbocycles. The molecule has 176 valence electrons. The largest absolute Gasteiger partial charge is 0.463 e. The third-order valence-electron chi connectivity index (χ3n) is 6.51. The zero-order valence-corrected chi connectivity index (χ0v) is 19.8. The third-order valence-corrected chi connectivity index (χ3v) is 7.56. The Bertz CT molecular complexity index is 1570. The van der Waals surface area contributed by atoms with E-state index in [-0.39, 0.29) is 36.5 Å². The maximum Gasteiger partial charge on any atom is 0.316 e. The first-order valence-corrected chi connectivity index (χ1v) is 12.5. The molecular formula is C29H19NO5S. The minimum Gasteiger partial charge on any atom is -0.463 e. The van der Waals surface area contributed by atoms with Crippen LogP contribution in [0.25, 0.3) is 21.9 Å². The van der Waals surface area contributed by atoms with Crippen molar-refractivity contribution >= 4 is 46.1 Å². The van der Waals surface area contributed by atoms with E-state index in [0.29, 0.717) is 22.3 Å². The Balaban J connectivity index is 1.14. The van der Waals surface area contributed by atoms with Gasteiger partial charge in [0.25, 0.3) is 11.8 Å². The molecule has 6 nitrogen and oxygen atoms in total. The molecule has 4 aromatic rings. The van der Waals surface area contributed by atoms with Crippen LogP contribution >= 0.6 is 11.8 Å². The van der Waals surface area contributed by atoms with Gasteiger partial charge < -0.3 is 4.74 Å². The maximum absolute atomic E-state index is 13.1. The summed E-state index contributed by atoms with van der Waals surface area (Å²) in [6.45, 7) is -0.0642. The van der Waals surface area contributed by atoms with Gasteiger partial charge in [0.15, 0.2) is 5.78 Å². The molecule has 36 heavy (non-hydrogen) atoms. The van der Waals surface area contributed by atoms with Crippen LogP contribution in [0.4, 0.5) is 0 Å². The van der Waals surface area contributed by atoms with Crippen LogP contribution in [0.15, 0.2) is 83.8 Å². The van der Waals surface area contributed by atoms with Gasteiger partial charge in [0.05, 0.1) is 23.4 Å². The minimum atomic E-state index is -0.446. The molecule has 0 radical (unpaired) electrons. The number of ketones is 1.